The molecule has 0 bridgehead atoms. The lowest BCUT2D eigenvalue weighted by Crippen LogP contribution is -2.45. The van der Waals surface area contributed by atoms with Crippen LogP contribution in [0.15, 0.2) is 33.6 Å². The molecule has 1 saturated carbocycles. The number of sulfone groups is 1. The van der Waals surface area contributed by atoms with E-state index >= 15 is 0 Å². The van der Waals surface area contributed by atoms with Crippen molar-refractivity contribution in [1.82, 2.24) is 0 Å². The molecule has 0 saturated heterocycles. The average Bonchev–Trinajstić information content (AvgIpc) is 2.38. The summed E-state index contributed by atoms with van der Waals surface area (Å²) in [6.45, 7) is 4.31. The van der Waals surface area contributed by atoms with Crippen molar-refractivity contribution in [2.24, 2.45) is 17.6 Å². The summed E-state index contributed by atoms with van der Waals surface area (Å²) in [7, 11) is -3.36. The van der Waals surface area contributed by atoms with E-state index in [9.17, 15) is 8.42 Å². The first-order valence-electron chi connectivity index (χ1n) is 7.07. The van der Waals surface area contributed by atoms with Gasteiger partial charge in [0.15, 0.2) is 9.84 Å². The highest BCUT2D eigenvalue weighted by atomic mass is 79.9. The molecule has 1 aliphatic carbocycles. The molecule has 1 aromatic carbocycles. The van der Waals surface area contributed by atoms with Crippen LogP contribution in [-0.2, 0) is 9.84 Å². The van der Waals surface area contributed by atoms with Crippen molar-refractivity contribution in [3.05, 3.63) is 28.7 Å². The highest BCUT2D eigenvalue weighted by molar-refractivity contribution is 9.10. The van der Waals surface area contributed by atoms with E-state index in [1.165, 1.54) is 0 Å². The van der Waals surface area contributed by atoms with Gasteiger partial charge >= 0.3 is 0 Å². The van der Waals surface area contributed by atoms with Crippen molar-refractivity contribution in [3.63, 3.8) is 0 Å². The molecule has 0 amide bonds. The Morgan fingerprint density at radius 2 is 2.00 bits per heavy atom. The second-order valence-corrected chi connectivity index (χ2v) is 9.10. The first-order chi connectivity index (χ1) is 9.32. The van der Waals surface area contributed by atoms with E-state index in [1.807, 2.05) is 6.07 Å². The summed E-state index contributed by atoms with van der Waals surface area (Å²) in [5, 5.41) is -0.460. The molecule has 112 valence electrons. The maximum atomic E-state index is 12.8. The summed E-state index contributed by atoms with van der Waals surface area (Å²) in [4.78, 5) is 0.372. The minimum absolute atomic E-state index is 0.256. The Kier molecular flexibility index (Phi) is 4.92. The maximum Gasteiger partial charge on any atom is 0.182 e. The Morgan fingerprint density at radius 1 is 1.30 bits per heavy atom. The monoisotopic (exact) mass is 359 g/mol. The van der Waals surface area contributed by atoms with Gasteiger partial charge in [0.2, 0.25) is 0 Å². The molecule has 1 aromatic rings. The summed E-state index contributed by atoms with van der Waals surface area (Å²) >= 11 is 3.33. The largest absolute Gasteiger partial charge is 0.327 e. The SMILES string of the molecule is CC(C)C1CCC(N)C(S(=O)(=O)c2cccc(Br)c2)C1. The fourth-order valence-electron chi connectivity index (χ4n) is 2.96. The van der Waals surface area contributed by atoms with Crippen molar-refractivity contribution in [2.45, 2.75) is 49.3 Å². The highest BCUT2D eigenvalue weighted by Crippen LogP contribution is 2.35. The molecule has 2 rings (SSSR count). The predicted octanol–water partition coefficient (Wildman–Crippen LogP) is 3.37. The van der Waals surface area contributed by atoms with Crippen molar-refractivity contribution < 1.29 is 8.42 Å². The predicted molar refractivity (Wildman–Crippen MR) is 85.3 cm³/mol. The lowest BCUT2D eigenvalue weighted by molar-refractivity contribution is 0.261. The third-order valence-corrected chi connectivity index (χ3v) is 7.09. The van der Waals surface area contributed by atoms with Gasteiger partial charge in [-0.15, -0.1) is 0 Å². The zero-order valence-electron chi connectivity index (χ0n) is 11.9. The standard InChI is InChI=1S/C15H22BrNO2S/c1-10(2)11-6-7-14(17)15(8-11)20(18,19)13-5-3-4-12(16)9-13/h3-5,9-11,14-15H,6-8,17H2,1-2H3. The van der Waals surface area contributed by atoms with Gasteiger partial charge in [0.05, 0.1) is 10.1 Å². The summed E-state index contributed by atoms with van der Waals surface area (Å²) in [6.07, 6.45) is 2.50. The topological polar surface area (TPSA) is 60.2 Å². The lowest BCUT2D eigenvalue weighted by Gasteiger charge is -2.35. The van der Waals surface area contributed by atoms with Gasteiger partial charge in [0.1, 0.15) is 0 Å². The van der Waals surface area contributed by atoms with E-state index in [4.69, 9.17) is 5.73 Å². The lowest BCUT2D eigenvalue weighted by atomic mass is 9.79. The molecule has 1 fully saturated rings. The van der Waals surface area contributed by atoms with Gasteiger partial charge in [-0.25, -0.2) is 8.42 Å². The van der Waals surface area contributed by atoms with E-state index in [0.717, 1.165) is 17.3 Å². The first-order valence-corrected chi connectivity index (χ1v) is 9.41. The van der Waals surface area contributed by atoms with Gasteiger partial charge in [-0.3, -0.25) is 0 Å². The number of rotatable bonds is 3. The van der Waals surface area contributed by atoms with Gasteiger partial charge in [0, 0.05) is 10.5 Å². The molecular weight excluding hydrogens is 338 g/mol. The van der Waals surface area contributed by atoms with E-state index < -0.39 is 15.1 Å². The summed E-state index contributed by atoms with van der Waals surface area (Å²) in [6, 6.07) is 6.66. The van der Waals surface area contributed by atoms with Gasteiger partial charge < -0.3 is 5.73 Å². The van der Waals surface area contributed by atoms with Crippen LogP contribution in [-0.4, -0.2) is 19.7 Å². The van der Waals surface area contributed by atoms with Crippen LogP contribution in [0, 0.1) is 11.8 Å². The van der Waals surface area contributed by atoms with Gasteiger partial charge in [-0.1, -0.05) is 35.8 Å². The van der Waals surface area contributed by atoms with E-state index in [2.05, 4.69) is 29.8 Å². The van der Waals surface area contributed by atoms with Crippen LogP contribution in [0.5, 0.6) is 0 Å². The maximum absolute atomic E-state index is 12.8. The summed E-state index contributed by atoms with van der Waals surface area (Å²) in [5.41, 5.74) is 6.11. The molecule has 0 heterocycles. The fraction of sp³-hybridized carbons (Fsp3) is 0.600. The molecule has 5 heteroatoms. The molecule has 3 atom stereocenters. The smallest absolute Gasteiger partial charge is 0.182 e. The molecule has 3 nitrogen and oxygen atoms in total. The Hall–Kier alpha value is -0.390. The molecular formula is C15H22BrNO2S. The van der Waals surface area contributed by atoms with Crippen LogP contribution >= 0.6 is 15.9 Å². The molecule has 0 radical (unpaired) electrons. The Bertz CT molecular complexity index is 571. The van der Waals surface area contributed by atoms with Crippen molar-refractivity contribution in [1.29, 1.82) is 0 Å². The van der Waals surface area contributed by atoms with Crippen molar-refractivity contribution in [2.75, 3.05) is 0 Å². The average molecular weight is 360 g/mol. The number of halogens is 1. The van der Waals surface area contributed by atoms with Gasteiger partial charge in [-0.05, 0) is 49.3 Å². The van der Waals surface area contributed by atoms with Crippen LogP contribution in [0.3, 0.4) is 0 Å². The first kappa shape index (κ1) is 16.0. The Labute approximate surface area is 130 Å². The third kappa shape index (κ3) is 3.26. The molecule has 20 heavy (non-hydrogen) atoms. The quantitative estimate of drug-likeness (QED) is 0.899. The van der Waals surface area contributed by atoms with Gasteiger partial charge in [0.25, 0.3) is 0 Å². The number of nitrogens with two attached hydrogens (primary N) is 1. The number of benzene rings is 1. The molecule has 0 aromatic heterocycles. The van der Waals surface area contributed by atoms with Crippen LogP contribution in [0.2, 0.25) is 0 Å². The van der Waals surface area contributed by atoms with Crippen LogP contribution < -0.4 is 5.73 Å². The molecule has 0 spiro atoms. The van der Waals surface area contributed by atoms with E-state index in [1.54, 1.807) is 18.2 Å². The van der Waals surface area contributed by atoms with E-state index in [-0.39, 0.29) is 6.04 Å². The highest BCUT2D eigenvalue weighted by Gasteiger charge is 2.38. The zero-order valence-corrected chi connectivity index (χ0v) is 14.3. The second kappa shape index (κ2) is 6.16. The summed E-state index contributed by atoms with van der Waals surface area (Å²) < 4.78 is 26.4. The third-order valence-electron chi connectivity index (χ3n) is 4.35. The minimum Gasteiger partial charge on any atom is -0.327 e. The van der Waals surface area contributed by atoms with Crippen LogP contribution in [0.1, 0.15) is 33.1 Å². The van der Waals surface area contributed by atoms with Crippen LogP contribution in [0.25, 0.3) is 0 Å². The van der Waals surface area contributed by atoms with Gasteiger partial charge in [-0.2, -0.15) is 0 Å². The zero-order chi connectivity index (χ0) is 14.9. The normalized spacial score (nSPS) is 27.8. The van der Waals surface area contributed by atoms with Crippen LogP contribution in [0.4, 0.5) is 0 Å². The number of hydrogen-bond acceptors (Lipinski definition) is 3. The Balaban J connectivity index is 2.32. The molecule has 3 unspecified atom stereocenters. The molecule has 1 aliphatic rings. The number of hydrogen-bond donors (Lipinski definition) is 1. The van der Waals surface area contributed by atoms with E-state index in [0.29, 0.717) is 23.2 Å². The molecule has 0 aliphatic heterocycles. The molecule has 2 N–H and O–H groups in total. The van der Waals surface area contributed by atoms with Crippen molar-refractivity contribution >= 4 is 25.8 Å². The second-order valence-electron chi connectivity index (χ2n) is 6.02. The Morgan fingerprint density at radius 3 is 2.60 bits per heavy atom. The minimum atomic E-state index is -3.36. The fourth-order valence-corrected chi connectivity index (χ4v) is 5.52. The van der Waals surface area contributed by atoms with Crippen molar-refractivity contribution in [3.8, 4) is 0 Å². The summed E-state index contributed by atoms with van der Waals surface area (Å²) in [5.74, 6) is 0.949.